The van der Waals surface area contributed by atoms with Gasteiger partial charge in [-0.25, -0.2) is 4.79 Å². The van der Waals surface area contributed by atoms with Crippen molar-refractivity contribution in [1.29, 1.82) is 0 Å². The van der Waals surface area contributed by atoms with E-state index in [0.717, 1.165) is 6.08 Å². The number of carboxylic acids is 1. The van der Waals surface area contributed by atoms with Crippen LogP contribution in [-0.2, 0) is 4.79 Å². The number of aromatic hydroxyl groups is 2. The molecule has 4 heteroatoms. The highest BCUT2D eigenvalue weighted by Gasteiger charge is 2.12. The minimum Gasteiger partial charge on any atom is -0.507 e. The van der Waals surface area contributed by atoms with Crippen molar-refractivity contribution in [3.8, 4) is 23.3 Å². The Kier molecular flexibility index (Phi) is 5.28. The van der Waals surface area contributed by atoms with Crippen molar-refractivity contribution in [2.45, 2.75) is 19.8 Å². The van der Waals surface area contributed by atoms with Gasteiger partial charge in [0.15, 0.2) is 0 Å². The lowest BCUT2D eigenvalue weighted by Crippen LogP contribution is -1.91. The van der Waals surface area contributed by atoms with Gasteiger partial charge < -0.3 is 15.3 Å². The molecular weight excluding hydrogens is 304 g/mol. The first-order valence-electron chi connectivity index (χ1n) is 7.46. The molecule has 2 aromatic carbocycles. The van der Waals surface area contributed by atoms with Crippen molar-refractivity contribution < 1.29 is 20.1 Å². The summed E-state index contributed by atoms with van der Waals surface area (Å²) in [5.41, 5.74) is 2.30. The molecule has 3 N–H and O–H groups in total. The number of benzene rings is 2. The highest BCUT2D eigenvalue weighted by atomic mass is 16.4. The van der Waals surface area contributed by atoms with E-state index in [0.29, 0.717) is 22.3 Å². The number of carboxylic acid groups (broad SMARTS) is 1. The molecule has 122 valence electrons. The summed E-state index contributed by atoms with van der Waals surface area (Å²) >= 11 is 0. The standard InChI is InChI=1S/C20H18O4/c1-13(2)20-17(21)11-14(12-18(20)22)7-8-15-5-3-4-6-16(15)9-10-19(23)24/h3-6,9-13,21-22H,1-2H3,(H,23,24)/b10-9+. The first-order valence-corrected chi connectivity index (χ1v) is 7.46. The van der Waals surface area contributed by atoms with Gasteiger partial charge in [0.2, 0.25) is 0 Å². The Morgan fingerprint density at radius 3 is 2.29 bits per heavy atom. The quantitative estimate of drug-likeness (QED) is 0.594. The third kappa shape index (κ3) is 4.17. The summed E-state index contributed by atoms with van der Waals surface area (Å²) in [4.78, 5) is 10.6. The van der Waals surface area contributed by atoms with E-state index in [4.69, 9.17) is 5.11 Å². The average molecular weight is 322 g/mol. The number of phenolic OH excluding ortho intramolecular Hbond substituents is 2. The van der Waals surface area contributed by atoms with Crippen LogP contribution in [0.1, 0.15) is 42.0 Å². The highest BCUT2D eigenvalue weighted by molar-refractivity contribution is 5.85. The first kappa shape index (κ1) is 17.2. The summed E-state index contributed by atoms with van der Waals surface area (Å²) in [5.74, 6) is 4.80. The van der Waals surface area contributed by atoms with Crippen LogP contribution in [-0.4, -0.2) is 21.3 Å². The summed E-state index contributed by atoms with van der Waals surface area (Å²) in [6, 6.07) is 10.2. The van der Waals surface area contributed by atoms with Crippen LogP contribution in [0.5, 0.6) is 11.5 Å². The smallest absolute Gasteiger partial charge is 0.328 e. The topological polar surface area (TPSA) is 77.8 Å². The highest BCUT2D eigenvalue weighted by Crippen LogP contribution is 2.34. The molecule has 0 atom stereocenters. The Labute approximate surface area is 140 Å². The SMILES string of the molecule is CC(C)c1c(O)cc(C#Cc2ccccc2/C=C/C(=O)O)cc1O. The number of hydrogen-bond donors (Lipinski definition) is 3. The van der Waals surface area contributed by atoms with Gasteiger partial charge in [-0.15, -0.1) is 0 Å². The molecule has 0 spiro atoms. The fourth-order valence-electron chi connectivity index (χ4n) is 2.34. The van der Waals surface area contributed by atoms with Gasteiger partial charge in [0, 0.05) is 22.8 Å². The van der Waals surface area contributed by atoms with Gasteiger partial charge in [0.1, 0.15) is 11.5 Å². The van der Waals surface area contributed by atoms with Crippen LogP contribution in [0, 0.1) is 11.8 Å². The Bertz CT molecular complexity index is 828. The minimum absolute atomic E-state index is 0.00566. The monoisotopic (exact) mass is 322 g/mol. The van der Waals surface area contributed by atoms with Gasteiger partial charge in [-0.05, 0) is 35.8 Å². The van der Waals surface area contributed by atoms with Crippen LogP contribution in [0.3, 0.4) is 0 Å². The molecule has 0 saturated carbocycles. The van der Waals surface area contributed by atoms with Crippen molar-refractivity contribution in [3.63, 3.8) is 0 Å². The maximum absolute atomic E-state index is 10.6. The van der Waals surface area contributed by atoms with E-state index < -0.39 is 5.97 Å². The van der Waals surface area contributed by atoms with Crippen LogP contribution < -0.4 is 0 Å². The van der Waals surface area contributed by atoms with Gasteiger partial charge in [-0.3, -0.25) is 0 Å². The predicted octanol–water partition coefficient (Wildman–Crippen LogP) is 3.72. The second kappa shape index (κ2) is 7.38. The molecule has 0 aromatic heterocycles. The molecule has 0 heterocycles. The fraction of sp³-hybridized carbons (Fsp3) is 0.150. The Hall–Kier alpha value is -3.19. The minimum atomic E-state index is -1.03. The van der Waals surface area contributed by atoms with E-state index in [2.05, 4.69) is 11.8 Å². The number of carbonyl (C=O) groups is 1. The van der Waals surface area contributed by atoms with Crippen molar-refractivity contribution in [2.24, 2.45) is 0 Å². The average Bonchev–Trinajstić information content (AvgIpc) is 2.50. The number of hydrogen-bond acceptors (Lipinski definition) is 3. The molecule has 0 aliphatic carbocycles. The van der Waals surface area contributed by atoms with Crippen LogP contribution in [0.15, 0.2) is 42.5 Å². The molecule has 0 aliphatic rings. The number of phenols is 2. The maximum Gasteiger partial charge on any atom is 0.328 e. The van der Waals surface area contributed by atoms with Crippen molar-refractivity contribution in [2.75, 3.05) is 0 Å². The zero-order valence-corrected chi connectivity index (χ0v) is 13.4. The first-order chi connectivity index (χ1) is 11.4. The van der Waals surface area contributed by atoms with Crippen LogP contribution in [0.25, 0.3) is 6.08 Å². The van der Waals surface area contributed by atoms with Gasteiger partial charge in [-0.2, -0.15) is 0 Å². The van der Waals surface area contributed by atoms with Gasteiger partial charge in [0.05, 0.1) is 0 Å². The normalized spacial score (nSPS) is 10.6. The lowest BCUT2D eigenvalue weighted by atomic mass is 9.99. The molecule has 0 aliphatic heterocycles. The van der Waals surface area contributed by atoms with Crippen molar-refractivity contribution >= 4 is 12.0 Å². The summed E-state index contributed by atoms with van der Waals surface area (Å²) in [6.45, 7) is 3.76. The zero-order valence-electron chi connectivity index (χ0n) is 13.4. The van der Waals surface area contributed by atoms with Crippen LogP contribution >= 0.6 is 0 Å². The second-order valence-corrected chi connectivity index (χ2v) is 5.59. The summed E-state index contributed by atoms with van der Waals surface area (Å²) < 4.78 is 0. The molecule has 24 heavy (non-hydrogen) atoms. The predicted molar refractivity (Wildman–Crippen MR) is 93.0 cm³/mol. The van der Waals surface area contributed by atoms with E-state index in [1.807, 2.05) is 13.8 Å². The van der Waals surface area contributed by atoms with Crippen LogP contribution in [0.4, 0.5) is 0 Å². The molecule has 0 saturated heterocycles. The third-order valence-electron chi connectivity index (χ3n) is 3.42. The number of aliphatic carboxylic acids is 1. The van der Waals surface area contributed by atoms with E-state index in [9.17, 15) is 15.0 Å². The molecule has 0 amide bonds. The second-order valence-electron chi connectivity index (χ2n) is 5.59. The maximum atomic E-state index is 10.6. The van der Waals surface area contributed by atoms with Gasteiger partial charge >= 0.3 is 5.97 Å². The van der Waals surface area contributed by atoms with Gasteiger partial charge in [-0.1, -0.05) is 43.9 Å². The van der Waals surface area contributed by atoms with Crippen molar-refractivity contribution in [3.05, 3.63) is 64.7 Å². The Morgan fingerprint density at radius 1 is 1.08 bits per heavy atom. The molecular formula is C20H18O4. The molecule has 0 bridgehead atoms. The van der Waals surface area contributed by atoms with E-state index in [1.165, 1.54) is 18.2 Å². The lowest BCUT2D eigenvalue weighted by molar-refractivity contribution is -0.131. The molecule has 2 rings (SSSR count). The molecule has 0 radical (unpaired) electrons. The summed E-state index contributed by atoms with van der Waals surface area (Å²) in [6.07, 6.45) is 2.53. The lowest BCUT2D eigenvalue weighted by Gasteiger charge is -2.10. The van der Waals surface area contributed by atoms with E-state index in [-0.39, 0.29) is 17.4 Å². The van der Waals surface area contributed by atoms with Crippen molar-refractivity contribution in [1.82, 2.24) is 0 Å². The molecule has 4 nitrogen and oxygen atoms in total. The van der Waals surface area contributed by atoms with Gasteiger partial charge in [0.25, 0.3) is 0 Å². The van der Waals surface area contributed by atoms with E-state index >= 15 is 0 Å². The Morgan fingerprint density at radius 2 is 1.71 bits per heavy atom. The summed E-state index contributed by atoms with van der Waals surface area (Å²) in [7, 11) is 0. The van der Waals surface area contributed by atoms with Crippen LogP contribution in [0.2, 0.25) is 0 Å². The van der Waals surface area contributed by atoms with E-state index in [1.54, 1.807) is 24.3 Å². The molecule has 0 fully saturated rings. The Balaban J connectivity index is 2.39. The molecule has 2 aromatic rings. The third-order valence-corrected chi connectivity index (χ3v) is 3.42. The summed E-state index contributed by atoms with van der Waals surface area (Å²) in [5, 5.41) is 28.8. The number of rotatable bonds is 3. The largest absolute Gasteiger partial charge is 0.507 e. The molecule has 0 unspecified atom stereocenters. The zero-order chi connectivity index (χ0) is 17.7. The fourth-order valence-corrected chi connectivity index (χ4v) is 2.34.